The number of rotatable bonds is 7. The average Bonchev–Trinajstić information content (AvgIpc) is 3.36. The molecule has 6 heteroatoms. The average molecular weight is 437 g/mol. The van der Waals surface area contributed by atoms with E-state index >= 15 is 0 Å². The Labute approximate surface area is 185 Å². The molecule has 0 amide bonds. The molecule has 4 nitrogen and oxygen atoms in total. The van der Waals surface area contributed by atoms with E-state index in [1.165, 1.54) is 36.3 Å². The number of halogens is 1. The van der Waals surface area contributed by atoms with E-state index in [-0.39, 0.29) is 23.4 Å². The molecule has 160 valence electrons. The van der Waals surface area contributed by atoms with Crippen LogP contribution in [0.4, 0.5) is 0 Å². The molecule has 1 aliphatic carbocycles. The molecule has 1 aliphatic heterocycles. The highest BCUT2D eigenvalue weighted by molar-refractivity contribution is 7.10. The topological polar surface area (TPSA) is 34.6 Å². The molecule has 4 rings (SSSR count). The summed E-state index contributed by atoms with van der Waals surface area (Å²) in [5.41, 5.74) is 1.47. The minimum atomic E-state index is 0. The largest absolute Gasteiger partial charge is 0.496 e. The molecule has 0 aromatic carbocycles. The van der Waals surface area contributed by atoms with E-state index in [1.807, 2.05) is 12.3 Å². The molecule has 0 bridgehead atoms. The molecular weight excluding hydrogens is 404 g/mol. The molecule has 2 aliphatic rings. The Bertz CT molecular complexity index is 763. The van der Waals surface area contributed by atoms with Gasteiger partial charge in [-0.2, -0.15) is 0 Å². The predicted molar refractivity (Wildman–Crippen MR) is 121 cm³/mol. The van der Waals surface area contributed by atoms with Crippen molar-refractivity contribution >= 4 is 23.7 Å². The highest BCUT2D eigenvalue weighted by Gasteiger charge is 2.48. The molecule has 1 atom stereocenters. The van der Waals surface area contributed by atoms with Gasteiger partial charge < -0.3 is 14.4 Å². The molecule has 2 aromatic rings. The minimum absolute atomic E-state index is 0. The maximum Gasteiger partial charge on any atom is 0.134 e. The summed E-state index contributed by atoms with van der Waals surface area (Å²) in [6.07, 6.45) is 10.3. The maximum absolute atomic E-state index is 6.37. The third kappa shape index (κ3) is 4.96. The summed E-state index contributed by atoms with van der Waals surface area (Å²) in [4.78, 5) is 8.55. The van der Waals surface area contributed by atoms with Crippen LogP contribution in [0.15, 0.2) is 35.8 Å². The van der Waals surface area contributed by atoms with Gasteiger partial charge in [0, 0.05) is 30.5 Å². The van der Waals surface area contributed by atoms with Crippen LogP contribution in [0.25, 0.3) is 0 Å². The number of methoxy groups -OCH3 is 1. The fourth-order valence-electron chi connectivity index (χ4n) is 5.15. The summed E-state index contributed by atoms with van der Waals surface area (Å²) in [5.74, 6) is 1.01. The van der Waals surface area contributed by atoms with Crippen molar-refractivity contribution in [1.29, 1.82) is 0 Å². The van der Waals surface area contributed by atoms with Crippen LogP contribution in [-0.2, 0) is 16.7 Å². The molecule has 2 aromatic heterocycles. The quantitative estimate of drug-likeness (QED) is 0.577. The summed E-state index contributed by atoms with van der Waals surface area (Å²) in [6, 6.07) is 8.46. The van der Waals surface area contributed by atoms with E-state index in [0.29, 0.717) is 0 Å². The zero-order valence-corrected chi connectivity index (χ0v) is 19.2. The summed E-state index contributed by atoms with van der Waals surface area (Å²) >= 11 is 1.78. The van der Waals surface area contributed by atoms with E-state index < -0.39 is 0 Å². The summed E-state index contributed by atoms with van der Waals surface area (Å²) < 4.78 is 11.9. The van der Waals surface area contributed by atoms with Gasteiger partial charge in [0.15, 0.2) is 0 Å². The molecule has 0 radical (unpaired) electrons. The van der Waals surface area contributed by atoms with Crippen LogP contribution in [0.5, 0.6) is 5.75 Å². The van der Waals surface area contributed by atoms with Crippen LogP contribution in [0.3, 0.4) is 0 Å². The van der Waals surface area contributed by atoms with Crippen molar-refractivity contribution in [2.45, 2.75) is 62.5 Å². The summed E-state index contributed by atoms with van der Waals surface area (Å²) in [7, 11) is 3.97. The van der Waals surface area contributed by atoms with Gasteiger partial charge in [0.25, 0.3) is 0 Å². The number of hydrogen-bond acceptors (Lipinski definition) is 5. The fraction of sp³-hybridized carbons (Fsp3) is 0.609. The second-order valence-electron chi connectivity index (χ2n) is 8.56. The van der Waals surface area contributed by atoms with E-state index in [1.54, 1.807) is 18.4 Å². The zero-order valence-electron chi connectivity index (χ0n) is 17.6. The first-order valence-corrected chi connectivity index (χ1v) is 11.4. The lowest BCUT2D eigenvalue weighted by Crippen LogP contribution is -2.47. The SMILES string of the molecule is COc1ccsc1CN(C)CCC1(c2ccccn2)CCOC2(CCCC2)C1.Cl. The molecule has 1 unspecified atom stereocenters. The van der Waals surface area contributed by atoms with E-state index in [9.17, 15) is 0 Å². The highest BCUT2D eigenvalue weighted by atomic mass is 35.5. The second kappa shape index (κ2) is 9.78. The molecule has 1 saturated carbocycles. The third-order valence-corrected chi connectivity index (χ3v) is 7.57. The summed E-state index contributed by atoms with van der Waals surface area (Å²) in [6.45, 7) is 2.84. The number of ether oxygens (including phenoxy) is 2. The van der Waals surface area contributed by atoms with Crippen LogP contribution in [0, 0.1) is 0 Å². The standard InChI is InChI=1S/C23H32N2O2S.ClH/c1-25(17-20-19(26-2)8-16-28-20)14-11-22(21-7-3-6-13-24-21)12-15-27-23(18-22)9-4-5-10-23;/h3,6-8,13,16H,4-5,9-12,14-15,17-18H2,1-2H3;1H. The molecule has 3 heterocycles. The van der Waals surface area contributed by atoms with Crippen molar-refractivity contribution in [3.05, 3.63) is 46.4 Å². The lowest BCUT2D eigenvalue weighted by atomic mass is 9.68. The normalized spacial score (nSPS) is 23.3. The number of aromatic nitrogens is 1. The van der Waals surface area contributed by atoms with Crippen molar-refractivity contribution in [2.24, 2.45) is 0 Å². The molecule has 2 fully saturated rings. The van der Waals surface area contributed by atoms with Gasteiger partial charge in [-0.15, -0.1) is 23.7 Å². The van der Waals surface area contributed by atoms with Gasteiger partial charge in [-0.25, -0.2) is 0 Å². The van der Waals surface area contributed by atoms with E-state index in [0.717, 1.165) is 44.7 Å². The van der Waals surface area contributed by atoms with Gasteiger partial charge in [-0.05, 0) is 69.3 Å². The molecular formula is C23H33ClN2O2S. The van der Waals surface area contributed by atoms with Crippen molar-refractivity contribution in [1.82, 2.24) is 9.88 Å². The van der Waals surface area contributed by atoms with Crippen molar-refractivity contribution < 1.29 is 9.47 Å². The van der Waals surface area contributed by atoms with Gasteiger partial charge in [0.2, 0.25) is 0 Å². The summed E-state index contributed by atoms with van der Waals surface area (Å²) in [5, 5.41) is 2.11. The van der Waals surface area contributed by atoms with Crippen LogP contribution in [-0.4, -0.2) is 42.8 Å². The smallest absolute Gasteiger partial charge is 0.134 e. The van der Waals surface area contributed by atoms with Gasteiger partial charge in [0.05, 0.1) is 17.6 Å². The monoisotopic (exact) mass is 436 g/mol. The number of pyridine rings is 1. The van der Waals surface area contributed by atoms with Gasteiger partial charge in [-0.1, -0.05) is 18.9 Å². The Kier molecular flexibility index (Phi) is 7.60. The minimum Gasteiger partial charge on any atom is -0.496 e. The van der Waals surface area contributed by atoms with Crippen LogP contribution >= 0.6 is 23.7 Å². The predicted octanol–water partition coefficient (Wildman–Crippen LogP) is 5.46. The molecule has 0 N–H and O–H groups in total. The number of nitrogens with zero attached hydrogens (tertiary/aromatic N) is 2. The van der Waals surface area contributed by atoms with Crippen molar-refractivity contribution in [3.63, 3.8) is 0 Å². The van der Waals surface area contributed by atoms with Crippen LogP contribution in [0.1, 0.15) is 55.5 Å². The Balaban J connectivity index is 0.00000240. The van der Waals surface area contributed by atoms with E-state index in [2.05, 4.69) is 35.5 Å². The Hall–Kier alpha value is -1.14. The number of hydrogen-bond donors (Lipinski definition) is 0. The molecule has 29 heavy (non-hydrogen) atoms. The molecule has 1 saturated heterocycles. The Morgan fingerprint density at radius 3 is 2.76 bits per heavy atom. The Morgan fingerprint density at radius 1 is 1.21 bits per heavy atom. The first kappa shape index (κ1) is 22.5. The van der Waals surface area contributed by atoms with Crippen LogP contribution in [0.2, 0.25) is 0 Å². The fourth-order valence-corrected chi connectivity index (χ4v) is 6.07. The lowest BCUT2D eigenvalue weighted by Gasteiger charge is -2.47. The zero-order chi connectivity index (χ0) is 19.5. The molecule has 1 spiro atoms. The van der Waals surface area contributed by atoms with Crippen molar-refractivity contribution in [2.75, 3.05) is 27.3 Å². The maximum atomic E-state index is 6.37. The first-order valence-electron chi connectivity index (χ1n) is 10.5. The van der Waals surface area contributed by atoms with Gasteiger partial charge in [-0.3, -0.25) is 4.98 Å². The second-order valence-corrected chi connectivity index (χ2v) is 9.56. The van der Waals surface area contributed by atoms with Crippen molar-refractivity contribution in [3.8, 4) is 5.75 Å². The third-order valence-electron chi connectivity index (χ3n) is 6.68. The Morgan fingerprint density at radius 2 is 2.03 bits per heavy atom. The first-order chi connectivity index (χ1) is 13.6. The van der Waals surface area contributed by atoms with Crippen LogP contribution < -0.4 is 4.74 Å². The lowest BCUT2D eigenvalue weighted by molar-refractivity contribution is -0.105. The van der Waals surface area contributed by atoms with E-state index in [4.69, 9.17) is 14.5 Å². The van der Waals surface area contributed by atoms with Gasteiger partial charge in [0.1, 0.15) is 5.75 Å². The van der Waals surface area contributed by atoms with Gasteiger partial charge >= 0.3 is 0 Å². The number of thiophene rings is 1. The highest BCUT2D eigenvalue weighted by Crippen LogP contribution is 2.49.